The Bertz CT molecular complexity index is 505. The van der Waals surface area contributed by atoms with Gasteiger partial charge in [0.05, 0.1) is 29.7 Å². The molecule has 0 fully saturated rings. The van der Waals surface area contributed by atoms with Crippen molar-refractivity contribution in [3.05, 3.63) is 33.6 Å². The third kappa shape index (κ3) is 3.97. The smallest absolute Gasteiger partial charge is 0.308 e. The van der Waals surface area contributed by atoms with Gasteiger partial charge in [0.2, 0.25) is 0 Å². The monoisotopic (exact) mass is 284 g/mol. The molecule has 0 bridgehead atoms. The summed E-state index contributed by atoms with van der Waals surface area (Å²) >= 11 is 0. The molecule has 0 radical (unpaired) electrons. The van der Waals surface area contributed by atoms with Crippen LogP contribution in [0.15, 0.2) is 12.1 Å². The minimum absolute atomic E-state index is 0.0601. The Balaban J connectivity index is 2.81. The van der Waals surface area contributed by atoms with E-state index in [9.17, 15) is 25.1 Å². The first-order chi connectivity index (χ1) is 9.36. The van der Waals surface area contributed by atoms with Crippen LogP contribution in [0.2, 0.25) is 0 Å². The molecule has 0 saturated heterocycles. The maximum Gasteiger partial charge on any atom is 0.308 e. The van der Waals surface area contributed by atoms with Crippen molar-refractivity contribution in [2.45, 2.75) is 32.5 Å². The van der Waals surface area contributed by atoms with Crippen LogP contribution < -0.4 is 0 Å². The van der Waals surface area contributed by atoms with E-state index >= 15 is 0 Å². The summed E-state index contributed by atoms with van der Waals surface area (Å²) in [7, 11) is 0. The average molecular weight is 284 g/mol. The number of carbonyl (C=O) groups is 1. The van der Waals surface area contributed by atoms with Crippen LogP contribution in [0.5, 0.6) is 0 Å². The third-order valence-electron chi connectivity index (χ3n) is 2.62. The van der Waals surface area contributed by atoms with Gasteiger partial charge in [-0.1, -0.05) is 0 Å². The first-order valence-corrected chi connectivity index (χ1v) is 6.00. The van der Waals surface area contributed by atoms with Gasteiger partial charge in [0.1, 0.15) is 11.8 Å². The Kier molecular flexibility index (Phi) is 5.53. The highest BCUT2D eigenvalue weighted by Gasteiger charge is 2.24. The van der Waals surface area contributed by atoms with Gasteiger partial charge in [0.25, 0.3) is 5.69 Å². The SMILES string of the molecule is CCOC(=O)CC(O)C(O)c1ccc([N+](=O)[O-])c(C)n1. The molecule has 0 aromatic carbocycles. The van der Waals surface area contributed by atoms with Crippen molar-refractivity contribution in [3.8, 4) is 0 Å². The number of hydrogen-bond donors (Lipinski definition) is 2. The predicted octanol–water partition coefficient (Wildman–Crippen LogP) is 0.646. The van der Waals surface area contributed by atoms with Crippen molar-refractivity contribution in [2.75, 3.05) is 6.61 Å². The minimum atomic E-state index is -1.42. The fraction of sp³-hybridized carbons (Fsp3) is 0.500. The van der Waals surface area contributed by atoms with Gasteiger partial charge in [-0.3, -0.25) is 14.9 Å². The maximum absolute atomic E-state index is 11.2. The van der Waals surface area contributed by atoms with Gasteiger partial charge >= 0.3 is 5.97 Å². The summed E-state index contributed by atoms with van der Waals surface area (Å²) in [5, 5.41) is 30.2. The Hall–Kier alpha value is -2.06. The molecule has 1 aromatic rings. The van der Waals surface area contributed by atoms with E-state index < -0.39 is 23.1 Å². The second-order valence-electron chi connectivity index (χ2n) is 4.12. The Morgan fingerprint density at radius 1 is 1.50 bits per heavy atom. The lowest BCUT2D eigenvalue weighted by Crippen LogP contribution is -2.24. The Morgan fingerprint density at radius 3 is 2.65 bits per heavy atom. The third-order valence-corrected chi connectivity index (χ3v) is 2.62. The molecule has 8 heteroatoms. The molecule has 0 aliphatic rings. The topological polar surface area (TPSA) is 123 Å². The number of aliphatic hydroxyl groups is 2. The Labute approximate surface area is 115 Å². The number of esters is 1. The zero-order chi connectivity index (χ0) is 15.3. The van der Waals surface area contributed by atoms with Gasteiger partial charge in [-0.15, -0.1) is 0 Å². The van der Waals surface area contributed by atoms with E-state index in [1.807, 2.05) is 0 Å². The van der Waals surface area contributed by atoms with Crippen LogP contribution in [-0.4, -0.2) is 38.8 Å². The number of aromatic nitrogens is 1. The zero-order valence-corrected chi connectivity index (χ0v) is 11.1. The summed E-state index contributed by atoms with van der Waals surface area (Å²) in [5.41, 5.74) is 0.000570. The van der Waals surface area contributed by atoms with E-state index in [0.717, 1.165) is 0 Å². The van der Waals surface area contributed by atoms with Gasteiger partial charge < -0.3 is 14.9 Å². The molecule has 2 atom stereocenters. The maximum atomic E-state index is 11.2. The molecule has 0 aliphatic heterocycles. The molecule has 0 saturated carbocycles. The van der Waals surface area contributed by atoms with Crippen LogP contribution in [0.4, 0.5) is 5.69 Å². The molecule has 1 heterocycles. The number of nitro groups is 1. The molecule has 2 N–H and O–H groups in total. The predicted molar refractivity (Wildman–Crippen MR) is 67.8 cm³/mol. The first-order valence-electron chi connectivity index (χ1n) is 6.00. The van der Waals surface area contributed by atoms with Gasteiger partial charge in [-0.25, -0.2) is 4.98 Å². The summed E-state index contributed by atoms with van der Waals surface area (Å²) in [6.07, 6.45) is -3.19. The number of hydrogen-bond acceptors (Lipinski definition) is 7. The van der Waals surface area contributed by atoms with Gasteiger partial charge in [0.15, 0.2) is 0 Å². The van der Waals surface area contributed by atoms with Gasteiger partial charge in [-0.05, 0) is 19.9 Å². The van der Waals surface area contributed by atoms with Crippen LogP contribution in [0.25, 0.3) is 0 Å². The number of carbonyl (C=O) groups excluding carboxylic acids is 1. The van der Waals surface area contributed by atoms with Gasteiger partial charge in [0, 0.05) is 6.07 Å². The summed E-state index contributed by atoms with van der Waals surface area (Å²) in [6, 6.07) is 2.43. The van der Waals surface area contributed by atoms with Gasteiger partial charge in [-0.2, -0.15) is 0 Å². The largest absolute Gasteiger partial charge is 0.466 e. The second-order valence-corrected chi connectivity index (χ2v) is 4.12. The molecule has 2 unspecified atom stereocenters. The summed E-state index contributed by atoms with van der Waals surface area (Å²) in [6.45, 7) is 3.23. The number of ether oxygens (including phenoxy) is 1. The van der Waals surface area contributed by atoms with Crippen molar-refractivity contribution in [2.24, 2.45) is 0 Å². The molecular weight excluding hydrogens is 268 g/mol. The van der Waals surface area contributed by atoms with Crippen molar-refractivity contribution in [3.63, 3.8) is 0 Å². The van der Waals surface area contributed by atoms with Crippen LogP contribution in [-0.2, 0) is 9.53 Å². The molecular formula is C12H16N2O6. The average Bonchev–Trinajstić information content (AvgIpc) is 2.37. The van der Waals surface area contributed by atoms with Crippen molar-refractivity contribution >= 4 is 11.7 Å². The van der Waals surface area contributed by atoms with E-state index in [1.54, 1.807) is 6.92 Å². The molecule has 0 spiro atoms. The van der Waals surface area contributed by atoms with E-state index in [1.165, 1.54) is 19.1 Å². The van der Waals surface area contributed by atoms with Crippen LogP contribution in [0.1, 0.15) is 30.8 Å². The molecule has 20 heavy (non-hydrogen) atoms. The van der Waals surface area contributed by atoms with E-state index in [2.05, 4.69) is 9.72 Å². The minimum Gasteiger partial charge on any atom is -0.466 e. The number of aryl methyl sites for hydroxylation is 1. The number of aliphatic hydroxyl groups excluding tert-OH is 2. The van der Waals surface area contributed by atoms with Crippen molar-refractivity contribution < 1.29 is 24.7 Å². The van der Waals surface area contributed by atoms with Crippen molar-refractivity contribution in [1.29, 1.82) is 0 Å². The quantitative estimate of drug-likeness (QED) is 0.446. The zero-order valence-electron chi connectivity index (χ0n) is 11.1. The summed E-state index contributed by atoms with van der Waals surface area (Å²) < 4.78 is 4.65. The summed E-state index contributed by atoms with van der Waals surface area (Å²) in [4.78, 5) is 25.1. The molecule has 1 rings (SSSR count). The van der Waals surface area contributed by atoms with E-state index in [0.29, 0.717) is 0 Å². The highest BCUT2D eigenvalue weighted by molar-refractivity contribution is 5.70. The standard InChI is InChI=1S/C12H16N2O6/c1-3-20-11(16)6-10(15)12(17)8-4-5-9(14(18)19)7(2)13-8/h4-5,10,12,15,17H,3,6H2,1-2H3. The Morgan fingerprint density at radius 2 is 2.15 bits per heavy atom. The highest BCUT2D eigenvalue weighted by Crippen LogP contribution is 2.22. The fourth-order valence-corrected chi connectivity index (χ4v) is 1.63. The number of rotatable bonds is 6. The van der Waals surface area contributed by atoms with E-state index in [-0.39, 0.29) is 30.1 Å². The second kappa shape index (κ2) is 6.92. The lowest BCUT2D eigenvalue weighted by Gasteiger charge is -2.16. The number of pyridine rings is 1. The lowest BCUT2D eigenvalue weighted by atomic mass is 10.1. The first kappa shape index (κ1) is 16.0. The molecule has 0 aliphatic carbocycles. The van der Waals surface area contributed by atoms with Crippen LogP contribution >= 0.6 is 0 Å². The molecule has 8 nitrogen and oxygen atoms in total. The molecule has 110 valence electrons. The lowest BCUT2D eigenvalue weighted by molar-refractivity contribution is -0.385. The van der Waals surface area contributed by atoms with E-state index in [4.69, 9.17) is 0 Å². The van der Waals surface area contributed by atoms with Crippen LogP contribution in [0.3, 0.4) is 0 Å². The molecule has 0 amide bonds. The highest BCUT2D eigenvalue weighted by atomic mass is 16.6. The molecule has 1 aromatic heterocycles. The summed E-state index contributed by atoms with van der Waals surface area (Å²) in [5.74, 6) is -0.641. The number of nitrogens with zero attached hydrogens (tertiary/aromatic N) is 2. The normalized spacial score (nSPS) is 13.6. The van der Waals surface area contributed by atoms with Crippen molar-refractivity contribution in [1.82, 2.24) is 4.98 Å². The fourth-order valence-electron chi connectivity index (χ4n) is 1.63. The van der Waals surface area contributed by atoms with Crippen LogP contribution in [0, 0.1) is 17.0 Å².